The van der Waals surface area contributed by atoms with Gasteiger partial charge in [0.2, 0.25) is 0 Å². The summed E-state index contributed by atoms with van der Waals surface area (Å²) < 4.78 is 31.1. The third kappa shape index (κ3) is 2.15. The van der Waals surface area contributed by atoms with Crippen LogP contribution < -0.4 is 4.72 Å². The molecule has 0 amide bonds. The topological polar surface area (TPSA) is 88.0 Å². The first-order chi connectivity index (χ1) is 7.59. The van der Waals surface area contributed by atoms with Crippen molar-refractivity contribution in [1.82, 2.24) is 14.7 Å². The van der Waals surface area contributed by atoms with E-state index in [-0.39, 0.29) is 5.03 Å². The summed E-state index contributed by atoms with van der Waals surface area (Å²) in [7, 11) is -3.57. The van der Waals surface area contributed by atoms with Crippen LogP contribution in [0.15, 0.2) is 40.4 Å². The highest BCUT2D eigenvalue weighted by molar-refractivity contribution is 7.89. The van der Waals surface area contributed by atoms with Crippen molar-refractivity contribution in [3.05, 3.63) is 36.7 Å². The molecule has 0 fully saturated rings. The van der Waals surface area contributed by atoms with E-state index in [9.17, 15) is 8.42 Å². The number of imidazole rings is 1. The quantitative estimate of drug-likeness (QED) is 0.837. The first-order valence-electron chi connectivity index (χ1n) is 4.64. The Hall–Kier alpha value is -1.60. The second kappa shape index (κ2) is 4.11. The van der Waals surface area contributed by atoms with Crippen LogP contribution in [0.2, 0.25) is 0 Å². The Morgan fingerprint density at radius 2 is 2.38 bits per heavy atom. The molecule has 2 heterocycles. The molecule has 6 nitrogen and oxygen atoms in total. The normalized spacial score (nSPS) is 13.8. The fraction of sp³-hybridized carbons (Fsp3) is 0.222. The third-order valence-corrected chi connectivity index (χ3v) is 3.53. The van der Waals surface area contributed by atoms with Crippen molar-refractivity contribution >= 4 is 10.0 Å². The molecule has 2 rings (SSSR count). The Bertz CT molecular complexity index is 531. The van der Waals surface area contributed by atoms with E-state index in [1.54, 1.807) is 19.1 Å². The van der Waals surface area contributed by atoms with Crippen molar-refractivity contribution in [3.63, 3.8) is 0 Å². The highest BCUT2D eigenvalue weighted by Gasteiger charge is 2.20. The SMILES string of the molecule is CC(NS(=O)(=O)c1cnc[nH]1)c1ccco1. The minimum absolute atomic E-state index is 0.0332. The van der Waals surface area contributed by atoms with Gasteiger partial charge in [0.25, 0.3) is 10.0 Å². The summed E-state index contributed by atoms with van der Waals surface area (Å²) in [6.07, 6.45) is 4.06. The Labute approximate surface area is 92.8 Å². The van der Waals surface area contributed by atoms with Gasteiger partial charge in [-0.05, 0) is 19.1 Å². The van der Waals surface area contributed by atoms with E-state index in [4.69, 9.17) is 4.42 Å². The summed E-state index contributed by atoms with van der Waals surface area (Å²) in [5.41, 5.74) is 0. The van der Waals surface area contributed by atoms with Gasteiger partial charge in [0, 0.05) is 0 Å². The van der Waals surface area contributed by atoms with E-state index >= 15 is 0 Å². The van der Waals surface area contributed by atoms with Crippen LogP contribution in [0, 0.1) is 0 Å². The number of nitrogens with one attached hydrogen (secondary N) is 2. The van der Waals surface area contributed by atoms with Gasteiger partial charge in [-0.1, -0.05) is 0 Å². The largest absolute Gasteiger partial charge is 0.468 e. The zero-order valence-corrected chi connectivity index (χ0v) is 9.36. The van der Waals surface area contributed by atoms with Gasteiger partial charge in [-0.3, -0.25) is 0 Å². The zero-order valence-electron chi connectivity index (χ0n) is 8.54. The molecule has 0 aliphatic carbocycles. The molecule has 0 saturated heterocycles. The zero-order chi connectivity index (χ0) is 11.6. The van der Waals surface area contributed by atoms with E-state index in [1.807, 2.05) is 0 Å². The van der Waals surface area contributed by atoms with E-state index in [0.29, 0.717) is 5.76 Å². The number of hydrogen-bond donors (Lipinski definition) is 2. The molecule has 2 N–H and O–H groups in total. The van der Waals surface area contributed by atoms with Crippen molar-refractivity contribution in [3.8, 4) is 0 Å². The summed E-state index contributed by atoms with van der Waals surface area (Å²) in [4.78, 5) is 6.20. The minimum atomic E-state index is -3.57. The van der Waals surface area contributed by atoms with Crippen LogP contribution >= 0.6 is 0 Å². The molecule has 0 saturated carbocycles. The van der Waals surface area contributed by atoms with Crippen molar-refractivity contribution in [2.24, 2.45) is 0 Å². The van der Waals surface area contributed by atoms with E-state index < -0.39 is 16.1 Å². The summed E-state index contributed by atoms with van der Waals surface area (Å²) >= 11 is 0. The lowest BCUT2D eigenvalue weighted by Crippen LogP contribution is -2.26. The Morgan fingerprint density at radius 1 is 1.56 bits per heavy atom. The molecule has 1 unspecified atom stereocenters. The monoisotopic (exact) mass is 241 g/mol. The van der Waals surface area contributed by atoms with Crippen molar-refractivity contribution < 1.29 is 12.8 Å². The Morgan fingerprint density at radius 3 is 2.94 bits per heavy atom. The first-order valence-corrected chi connectivity index (χ1v) is 6.12. The summed E-state index contributed by atoms with van der Waals surface area (Å²) in [6.45, 7) is 1.70. The van der Waals surface area contributed by atoms with Crippen LogP contribution in [0.1, 0.15) is 18.7 Å². The summed E-state index contributed by atoms with van der Waals surface area (Å²) in [6, 6.07) is 2.99. The maximum Gasteiger partial charge on any atom is 0.258 e. The van der Waals surface area contributed by atoms with Gasteiger partial charge in [-0.25, -0.2) is 13.4 Å². The van der Waals surface area contributed by atoms with Gasteiger partial charge in [-0.15, -0.1) is 0 Å². The molecule has 2 aromatic rings. The van der Waals surface area contributed by atoms with Crippen LogP contribution in [0.5, 0.6) is 0 Å². The summed E-state index contributed by atoms with van der Waals surface area (Å²) in [5.74, 6) is 0.558. The van der Waals surface area contributed by atoms with Crippen molar-refractivity contribution in [2.45, 2.75) is 18.0 Å². The number of furan rings is 1. The van der Waals surface area contributed by atoms with E-state index in [2.05, 4.69) is 14.7 Å². The number of nitrogens with zero attached hydrogens (tertiary/aromatic N) is 1. The van der Waals surface area contributed by atoms with Crippen LogP contribution in [-0.4, -0.2) is 18.4 Å². The van der Waals surface area contributed by atoms with Crippen LogP contribution in [0.4, 0.5) is 0 Å². The van der Waals surface area contributed by atoms with Crippen LogP contribution in [-0.2, 0) is 10.0 Å². The molecule has 0 aromatic carbocycles. The van der Waals surface area contributed by atoms with Crippen molar-refractivity contribution in [1.29, 1.82) is 0 Å². The number of aromatic nitrogens is 2. The molecule has 0 spiro atoms. The number of hydrogen-bond acceptors (Lipinski definition) is 4. The molecule has 1 atom stereocenters. The Kier molecular flexibility index (Phi) is 2.80. The van der Waals surface area contributed by atoms with Gasteiger partial charge in [0.05, 0.1) is 24.8 Å². The lowest BCUT2D eigenvalue weighted by Gasteiger charge is -2.10. The van der Waals surface area contributed by atoms with Crippen LogP contribution in [0.3, 0.4) is 0 Å². The third-order valence-electron chi connectivity index (χ3n) is 2.06. The average Bonchev–Trinajstić information content (AvgIpc) is 2.91. The summed E-state index contributed by atoms with van der Waals surface area (Å²) in [5, 5.41) is 0.0332. The second-order valence-electron chi connectivity index (χ2n) is 3.27. The lowest BCUT2D eigenvalue weighted by molar-refractivity contribution is 0.459. The molecule has 0 aliphatic heterocycles. The number of aromatic amines is 1. The predicted octanol–water partition coefficient (Wildman–Crippen LogP) is 1.04. The second-order valence-corrected chi connectivity index (χ2v) is 4.96. The smallest absolute Gasteiger partial charge is 0.258 e. The fourth-order valence-corrected chi connectivity index (χ4v) is 2.40. The lowest BCUT2D eigenvalue weighted by atomic mass is 10.3. The molecular weight excluding hydrogens is 230 g/mol. The first kappa shape index (κ1) is 10.9. The maximum atomic E-state index is 11.8. The molecule has 0 bridgehead atoms. The maximum absolute atomic E-state index is 11.8. The van der Waals surface area contributed by atoms with Crippen LogP contribution in [0.25, 0.3) is 0 Å². The molecular formula is C9H11N3O3S. The van der Waals surface area contributed by atoms with E-state index in [1.165, 1.54) is 18.8 Å². The van der Waals surface area contributed by atoms with Crippen molar-refractivity contribution in [2.75, 3.05) is 0 Å². The number of H-pyrrole nitrogens is 1. The highest BCUT2D eigenvalue weighted by Crippen LogP contribution is 2.15. The molecule has 16 heavy (non-hydrogen) atoms. The Balaban J connectivity index is 2.16. The van der Waals surface area contributed by atoms with Gasteiger partial charge in [0.1, 0.15) is 5.76 Å². The fourth-order valence-electron chi connectivity index (χ4n) is 1.28. The standard InChI is InChI=1S/C9H11N3O3S/c1-7(8-3-2-4-15-8)12-16(13,14)9-5-10-6-11-9/h2-7,12H,1H3,(H,10,11). The van der Waals surface area contributed by atoms with Gasteiger partial charge >= 0.3 is 0 Å². The molecule has 0 aliphatic rings. The van der Waals surface area contributed by atoms with E-state index in [0.717, 1.165) is 0 Å². The van der Waals surface area contributed by atoms with Gasteiger partial charge < -0.3 is 9.40 Å². The molecule has 2 aromatic heterocycles. The highest BCUT2D eigenvalue weighted by atomic mass is 32.2. The number of rotatable bonds is 4. The predicted molar refractivity (Wildman–Crippen MR) is 56.0 cm³/mol. The minimum Gasteiger partial charge on any atom is -0.468 e. The molecule has 0 radical (unpaired) electrons. The average molecular weight is 241 g/mol. The molecule has 86 valence electrons. The number of sulfonamides is 1. The molecule has 7 heteroatoms. The van der Waals surface area contributed by atoms with Gasteiger partial charge in [0.15, 0.2) is 5.03 Å². The van der Waals surface area contributed by atoms with Gasteiger partial charge in [-0.2, -0.15) is 4.72 Å².